The Morgan fingerprint density at radius 3 is 1.21 bits per heavy atom. The van der Waals surface area contributed by atoms with E-state index in [9.17, 15) is 9.90 Å². The Kier molecular flexibility index (Phi) is 40.5. The quantitative estimate of drug-likeness (QED) is 0.0402. The molecule has 0 aromatic rings. The molecular formula is C43H84O4. The molecule has 4 heteroatoms. The zero-order chi connectivity index (χ0) is 34.1. The molecule has 1 unspecified atom stereocenters. The number of unbranched alkanes of at least 4 members (excludes halogenated alkanes) is 30. The molecular weight excluding hydrogens is 580 g/mol. The first-order chi connectivity index (χ1) is 23.2. The van der Waals surface area contributed by atoms with E-state index < -0.39 is 6.10 Å². The molecule has 0 saturated carbocycles. The average Bonchev–Trinajstić information content (AvgIpc) is 3.08. The Balaban J connectivity index is 3.35. The van der Waals surface area contributed by atoms with Crippen LogP contribution in [0.1, 0.15) is 232 Å². The molecule has 0 bridgehead atoms. The normalized spacial score (nSPS) is 12.3. The van der Waals surface area contributed by atoms with Gasteiger partial charge in [0.25, 0.3) is 0 Å². The summed E-state index contributed by atoms with van der Waals surface area (Å²) in [7, 11) is 0. The molecule has 0 radical (unpaired) electrons. The third-order valence-electron chi connectivity index (χ3n) is 9.59. The molecule has 0 rings (SSSR count). The lowest BCUT2D eigenvalue weighted by Gasteiger charge is -2.16. The van der Waals surface area contributed by atoms with Crippen LogP contribution >= 0.6 is 0 Å². The molecule has 0 amide bonds. The summed E-state index contributed by atoms with van der Waals surface area (Å²) in [6.45, 7) is 5.37. The molecule has 1 N–H and O–H groups in total. The fourth-order valence-corrected chi connectivity index (χ4v) is 6.38. The van der Waals surface area contributed by atoms with Crippen LogP contribution in [0.25, 0.3) is 0 Å². The number of allylic oxidation sites excluding steroid dienone is 2. The number of hydrogen-bond donors (Lipinski definition) is 1. The predicted molar refractivity (Wildman–Crippen MR) is 205 cm³/mol. The summed E-state index contributed by atoms with van der Waals surface area (Å²) >= 11 is 0. The van der Waals surface area contributed by atoms with Crippen molar-refractivity contribution in [1.29, 1.82) is 0 Å². The number of rotatable bonds is 40. The summed E-state index contributed by atoms with van der Waals surface area (Å²) in [5, 5.41) is 9.56. The molecule has 0 fully saturated rings. The van der Waals surface area contributed by atoms with E-state index in [-0.39, 0.29) is 12.6 Å². The first kappa shape index (κ1) is 46.1. The van der Waals surface area contributed by atoms with Gasteiger partial charge < -0.3 is 14.6 Å². The molecule has 4 nitrogen and oxygen atoms in total. The zero-order valence-corrected chi connectivity index (χ0v) is 32.1. The smallest absolute Gasteiger partial charge is 0.306 e. The molecule has 280 valence electrons. The maximum atomic E-state index is 12.2. The molecule has 0 aliphatic heterocycles. The van der Waals surface area contributed by atoms with E-state index in [0.29, 0.717) is 19.6 Å². The van der Waals surface area contributed by atoms with Crippen LogP contribution in [0.4, 0.5) is 0 Å². The van der Waals surface area contributed by atoms with Crippen molar-refractivity contribution in [3.05, 3.63) is 12.2 Å². The van der Waals surface area contributed by atoms with Crippen molar-refractivity contribution in [2.75, 3.05) is 19.8 Å². The van der Waals surface area contributed by atoms with Gasteiger partial charge in [-0.15, -0.1) is 0 Å². The SMILES string of the molecule is CCCCCCCCCC/C=C\CCCCCCCCCCCCCCCC(=O)OC(CO)COCCCCCCCCCCCC. The lowest BCUT2D eigenvalue weighted by molar-refractivity contribution is -0.154. The van der Waals surface area contributed by atoms with Gasteiger partial charge in [0, 0.05) is 13.0 Å². The van der Waals surface area contributed by atoms with Gasteiger partial charge in [0.15, 0.2) is 0 Å². The Hall–Kier alpha value is -0.870. The van der Waals surface area contributed by atoms with Crippen LogP contribution in [0.2, 0.25) is 0 Å². The van der Waals surface area contributed by atoms with Crippen LogP contribution < -0.4 is 0 Å². The van der Waals surface area contributed by atoms with Gasteiger partial charge in [-0.2, -0.15) is 0 Å². The fourth-order valence-electron chi connectivity index (χ4n) is 6.38. The van der Waals surface area contributed by atoms with E-state index in [1.807, 2.05) is 0 Å². The molecule has 0 spiro atoms. The van der Waals surface area contributed by atoms with E-state index in [4.69, 9.17) is 9.47 Å². The van der Waals surface area contributed by atoms with Crippen LogP contribution in [0.5, 0.6) is 0 Å². The number of carbonyl (C=O) groups is 1. The summed E-state index contributed by atoms with van der Waals surface area (Å²) in [5.74, 6) is -0.197. The van der Waals surface area contributed by atoms with E-state index >= 15 is 0 Å². The van der Waals surface area contributed by atoms with Crippen molar-refractivity contribution in [3.8, 4) is 0 Å². The topological polar surface area (TPSA) is 55.8 Å². The van der Waals surface area contributed by atoms with Crippen molar-refractivity contribution < 1.29 is 19.4 Å². The lowest BCUT2D eigenvalue weighted by atomic mass is 10.0. The molecule has 0 aliphatic rings. The van der Waals surface area contributed by atoms with Crippen LogP contribution in [-0.4, -0.2) is 37.0 Å². The second kappa shape index (κ2) is 41.3. The monoisotopic (exact) mass is 665 g/mol. The number of ether oxygens (including phenoxy) is 2. The average molecular weight is 665 g/mol. The summed E-state index contributed by atoms with van der Waals surface area (Å²) in [6, 6.07) is 0. The molecule has 0 aromatic heterocycles. The zero-order valence-electron chi connectivity index (χ0n) is 32.1. The van der Waals surface area contributed by atoms with Gasteiger partial charge in [-0.05, 0) is 38.5 Å². The van der Waals surface area contributed by atoms with E-state index in [1.54, 1.807) is 0 Å². The maximum Gasteiger partial charge on any atom is 0.306 e. The Bertz CT molecular complexity index is 619. The summed E-state index contributed by atoms with van der Waals surface area (Å²) in [6.07, 6.45) is 48.5. The number of aliphatic hydroxyl groups excluding tert-OH is 1. The van der Waals surface area contributed by atoms with Crippen LogP contribution in [0.15, 0.2) is 12.2 Å². The van der Waals surface area contributed by atoms with Crippen LogP contribution in [0.3, 0.4) is 0 Å². The van der Waals surface area contributed by atoms with Gasteiger partial charge in [0.05, 0.1) is 13.2 Å². The van der Waals surface area contributed by atoms with Gasteiger partial charge in [-0.3, -0.25) is 4.79 Å². The minimum absolute atomic E-state index is 0.166. The fraction of sp³-hybridized carbons (Fsp3) is 0.930. The van der Waals surface area contributed by atoms with Crippen molar-refractivity contribution in [3.63, 3.8) is 0 Å². The molecule has 0 aliphatic carbocycles. The minimum Gasteiger partial charge on any atom is -0.457 e. The molecule has 1 atom stereocenters. The number of aliphatic hydroxyl groups is 1. The van der Waals surface area contributed by atoms with Crippen molar-refractivity contribution >= 4 is 5.97 Å². The first-order valence-electron chi connectivity index (χ1n) is 21.3. The second-order valence-corrected chi connectivity index (χ2v) is 14.4. The predicted octanol–water partition coefficient (Wildman–Crippen LogP) is 13.8. The number of esters is 1. The highest BCUT2D eigenvalue weighted by Crippen LogP contribution is 2.15. The van der Waals surface area contributed by atoms with Crippen LogP contribution in [-0.2, 0) is 14.3 Å². The van der Waals surface area contributed by atoms with Crippen LogP contribution in [0, 0.1) is 0 Å². The third kappa shape index (κ3) is 39.5. The Morgan fingerprint density at radius 1 is 0.489 bits per heavy atom. The molecule has 0 heterocycles. The summed E-state index contributed by atoms with van der Waals surface area (Å²) < 4.78 is 11.1. The molecule has 0 aromatic carbocycles. The first-order valence-corrected chi connectivity index (χ1v) is 21.3. The van der Waals surface area contributed by atoms with Crippen molar-refractivity contribution in [2.45, 2.75) is 238 Å². The van der Waals surface area contributed by atoms with Gasteiger partial charge in [-0.25, -0.2) is 0 Å². The second-order valence-electron chi connectivity index (χ2n) is 14.4. The van der Waals surface area contributed by atoms with Crippen molar-refractivity contribution in [2.24, 2.45) is 0 Å². The van der Waals surface area contributed by atoms with Gasteiger partial charge in [0.2, 0.25) is 0 Å². The summed E-state index contributed by atoms with van der Waals surface area (Å²) in [5.41, 5.74) is 0. The van der Waals surface area contributed by atoms with E-state index in [2.05, 4.69) is 26.0 Å². The highest BCUT2D eigenvalue weighted by Gasteiger charge is 2.13. The largest absolute Gasteiger partial charge is 0.457 e. The Labute approximate surface area is 295 Å². The van der Waals surface area contributed by atoms with Gasteiger partial charge in [-0.1, -0.05) is 199 Å². The Morgan fingerprint density at radius 2 is 0.830 bits per heavy atom. The number of carbonyl (C=O) groups excluding carboxylic acids is 1. The highest BCUT2D eigenvalue weighted by atomic mass is 16.6. The minimum atomic E-state index is -0.526. The van der Waals surface area contributed by atoms with E-state index in [0.717, 1.165) is 19.3 Å². The summed E-state index contributed by atoms with van der Waals surface area (Å²) in [4.78, 5) is 12.2. The van der Waals surface area contributed by atoms with E-state index in [1.165, 1.54) is 193 Å². The highest BCUT2D eigenvalue weighted by molar-refractivity contribution is 5.69. The third-order valence-corrected chi connectivity index (χ3v) is 9.59. The molecule has 0 saturated heterocycles. The van der Waals surface area contributed by atoms with Crippen molar-refractivity contribution in [1.82, 2.24) is 0 Å². The molecule has 47 heavy (non-hydrogen) atoms. The van der Waals surface area contributed by atoms with Gasteiger partial charge >= 0.3 is 5.97 Å². The maximum absolute atomic E-state index is 12.2. The number of hydrogen-bond acceptors (Lipinski definition) is 4. The van der Waals surface area contributed by atoms with Gasteiger partial charge in [0.1, 0.15) is 6.10 Å². The lowest BCUT2D eigenvalue weighted by Crippen LogP contribution is -2.27. The standard InChI is InChI=1S/C43H84O4/c1-3-5-7-9-11-13-15-16-17-18-19-20-21-22-23-24-25-26-27-28-29-30-32-34-36-38-43(45)47-42(40-44)41-46-39-37-35-33-31-14-12-10-8-6-4-2/h18-19,42,44H,3-17,20-41H2,1-2H3/b19-18-.